The van der Waals surface area contributed by atoms with Gasteiger partial charge in [-0.05, 0) is 30.7 Å². The van der Waals surface area contributed by atoms with Crippen LogP contribution >= 0.6 is 0 Å². The Morgan fingerprint density at radius 3 is 2.56 bits per heavy atom. The number of nitrogens with zero attached hydrogens (tertiary/aromatic N) is 1. The normalized spacial score (nSPS) is 10.2. The number of rotatable bonds is 2. The molecule has 0 aliphatic carbocycles. The fourth-order valence-corrected chi connectivity index (χ4v) is 1.46. The van der Waals surface area contributed by atoms with Gasteiger partial charge in [0.15, 0.2) is 0 Å². The van der Waals surface area contributed by atoms with Gasteiger partial charge in [0.05, 0.1) is 12.8 Å². The SMILES string of the molecule is COc1ccc(-c2ccc(C)cn2)c(F)c1. The predicted octanol–water partition coefficient (Wildman–Crippen LogP) is 3.20. The molecule has 0 fully saturated rings. The molecule has 0 aliphatic heterocycles. The van der Waals surface area contributed by atoms with E-state index in [1.165, 1.54) is 13.2 Å². The molecule has 0 N–H and O–H groups in total. The Balaban J connectivity index is 2.44. The van der Waals surface area contributed by atoms with Crippen molar-refractivity contribution < 1.29 is 9.13 Å². The average Bonchev–Trinajstić information content (AvgIpc) is 2.30. The lowest BCUT2D eigenvalue weighted by Gasteiger charge is -2.05. The van der Waals surface area contributed by atoms with Gasteiger partial charge < -0.3 is 4.74 Å². The highest BCUT2D eigenvalue weighted by atomic mass is 19.1. The van der Waals surface area contributed by atoms with E-state index in [1.54, 1.807) is 24.4 Å². The molecule has 2 rings (SSSR count). The third-order valence-electron chi connectivity index (χ3n) is 2.36. The topological polar surface area (TPSA) is 22.1 Å². The first kappa shape index (κ1) is 10.6. The van der Waals surface area contributed by atoms with Crippen molar-refractivity contribution in [3.8, 4) is 17.0 Å². The molecule has 1 aromatic heterocycles. The molecular weight excluding hydrogens is 205 g/mol. The summed E-state index contributed by atoms with van der Waals surface area (Å²) in [7, 11) is 1.51. The molecule has 0 aliphatic rings. The van der Waals surface area contributed by atoms with Crippen molar-refractivity contribution in [3.05, 3.63) is 47.9 Å². The van der Waals surface area contributed by atoms with Gasteiger partial charge in [0, 0.05) is 17.8 Å². The lowest BCUT2D eigenvalue weighted by Crippen LogP contribution is -1.90. The molecule has 0 spiro atoms. The monoisotopic (exact) mass is 217 g/mol. The van der Waals surface area contributed by atoms with Crippen LogP contribution in [0.25, 0.3) is 11.3 Å². The molecule has 2 aromatic rings. The number of hydrogen-bond donors (Lipinski definition) is 0. The molecule has 0 unspecified atom stereocenters. The average molecular weight is 217 g/mol. The second-order valence-corrected chi connectivity index (χ2v) is 3.57. The van der Waals surface area contributed by atoms with Crippen molar-refractivity contribution in [1.29, 1.82) is 0 Å². The molecule has 1 aromatic carbocycles. The van der Waals surface area contributed by atoms with Crippen molar-refractivity contribution in [2.24, 2.45) is 0 Å². The highest BCUT2D eigenvalue weighted by molar-refractivity contribution is 5.61. The maximum atomic E-state index is 13.7. The first-order valence-electron chi connectivity index (χ1n) is 4.97. The second-order valence-electron chi connectivity index (χ2n) is 3.57. The van der Waals surface area contributed by atoms with Crippen molar-refractivity contribution >= 4 is 0 Å². The number of aryl methyl sites for hydroxylation is 1. The summed E-state index contributed by atoms with van der Waals surface area (Å²) in [6.07, 6.45) is 1.72. The molecule has 0 saturated carbocycles. The van der Waals surface area contributed by atoms with Crippen molar-refractivity contribution in [3.63, 3.8) is 0 Å². The van der Waals surface area contributed by atoms with Crippen LogP contribution in [0, 0.1) is 12.7 Å². The van der Waals surface area contributed by atoms with Gasteiger partial charge in [-0.1, -0.05) is 6.07 Å². The molecule has 0 bridgehead atoms. The van der Waals surface area contributed by atoms with E-state index < -0.39 is 0 Å². The summed E-state index contributed by atoms with van der Waals surface area (Å²) in [5.74, 6) is 0.184. The van der Waals surface area contributed by atoms with Gasteiger partial charge in [-0.2, -0.15) is 0 Å². The summed E-state index contributed by atoms with van der Waals surface area (Å²) in [4.78, 5) is 4.18. The molecule has 1 heterocycles. The van der Waals surface area contributed by atoms with Crippen LogP contribution in [0.3, 0.4) is 0 Å². The Labute approximate surface area is 93.7 Å². The van der Waals surface area contributed by atoms with Gasteiger partial charge in [0.2, 0.25) is 0 Å². The van der Waals surface area contributed by atoms with Crippen molar-refractivity contribution in [2.45, 2.75) is 6.92 Å². The molecule has 0 atom stereocenters. The largest absolute Gasteiger partial charge is 0.497 e. The summed E-state index contributed by atoms with van der Waals surface area (Å²) in [5.41, 5.74) is 2.17. The zero-order valence-corrected chi connectivity index (χ0v) is 9.20. The molecule has 0 radical (unpaired) electrons. The minimum atomic E-state index is -0.323. The summed E-state index contributed by atoms with van der Waals surface area (Å²) >= 11 is 0. The van der Waals surface area contributed by atoms with E-state index >= 15 is 0 Å². The number of halogens is 1. The first-order valence-corrected chi connectivity index (χ1v) is 4.97. The molecule has 0 saturated heterocycles. The quantitative estimate of drug-likeness (QED) is 0.770. The van der Waals surface area contributed by atoms with Crippen molar-refractivity contribution in [2.75, 3.05) is 7.11 Å². The highest BCUT2D eigenvalue weighted by Gasteiger charge is 2.07. The molecule has 0 amide bonds. The van der Waals surface area contributed by atoms with E-state index in [4.69, 9.17) is 4.74 Å². The fourth-order valence-electron chi connectivity index (χ4n) is 1.46. The zero-order chi connectivity index (χ0) is 11.5. The molecule has 16 heavy (non-hydrogen) atoms. The van der Waals surface area contributed by atoms with E-state index in [9.17, 15) is 4.39 Å². The minimum absolute atomic E-state index is 0.323. The lowest BCUT2D eigenvalue weighted by atomic mass is 10.1. The van der Waals surface area contributed by atoms with Gasteiger partial charge in [-0.15, -0.1) is 0 Å². The molecule has 3 heteroatoms. The van der Waals surface area contributed by atoms with Crippen LogP contribution in [-0.2, 0) is 0 Å². The van der Waals surface area contributed by atoms with Gasteiger partial charge in [-0.25, -0.2) is 4.39 Å². The number of pyridine rings is 1. The smallest absolute Gasteiger partial charge is 0.136 e. The molecule has 82 valence electrons. The van der Waals surface area contributed by atoms with E-state index in [2.05, 4.69) is 4.98 Å². The van der Waals surface area contributed by atoms with Gasteiger partial charge in [0.1, 0.15) is 11.6 Å². The van der Waals surface area contributed by atoms with E-state index in [0.29, 0.717) is 17.0 Å². The van der Waals surface area contributed by atoms with Crippen LogP contribution in [0.1, 0.15) is 5.56 Å². The van der Waals surface area contributed by atoms with Crippen LogP contribution < -0.4 is 4.74 Å². The zero-order valence-electron chi connectivity index (χ0n) is 9.20. The third kappa shape index (κ3) is 2.03. The molecule has 2 nitrogen and oxygen atoms in total. The Hall–Kier alpha value is -1.90. The Morgan fingerprint density at radius 1 is 1.19 bits per heavy atom. The number of hydrogen-bond acceptors (Lipinski definition) is 2. The number of methoxy groups -OCH3 is 1. The Kier molecular flexibility index (Phi) is 2.86. The number of ether oxygens (including phenoxy) is 1. The summed E-state index contributed by atoms with van der Waals surface area (Å²) in [6, 6.07) is 8.47. The Bertz CT molecular complexity index is 494. The minimum Gasteiger partial charge on any atom is -0.497 e. The van der Waals surface area contributed by atoms with Crippen LogP contribution in [0.2, 0.25) is 0 Å². The maximum absolute atomic E-state index is 13.7. The number of aromatic nitrogens is 1. The summed E-state index contributed by atoms with van der Waals surface area (Å²) in [5, 5.41) is 0. The molecular formula is C13H12FNO. The van der Waals surface area contributed by atoms with E-state index in [-0.39, 0.29) is 5.82 Å². The van der Waals surface area contributed by atoms with Crippen molar-refractivity contribution in [1.82, 2.24) is 4.98 Å². The lowest BCUT2D eigenvalue weighted by molar-refractivity contribution is 0.411. The summed E-state index contributed by atoms with van der Waals surface area (Å²) in [6.45, 7) is 1.95. The van der Waals surface area contributed by atoms with E-state index in [1.807, 2.05) is 13.0 Å². The van der Waals surface area contributed by atoms with Gasteiger partial charge in [0.25, 0.3) is 0 Å². The Morgan fingerprint density at radius 2 is 2.00 bits per heavy atom. The van der Waals surface area contributed by atoms with Crippen LogP contribution in [0.4, 0.5) is 4.39 Å². The summed E-state index contributed by atoms with van der Waals surface area (Å²) < 4.78 is 18.6. The van der Waals surface area contributed by atoms with Crippen LogP contribution in [0.5, 0.6) is 5.75 Å². The van der Waals surface area contributed by atoms with Gasteiger partial charge >= 0.3 is 0 Å². The standard InChI is InChI=1S/C13H12FNO/c1-9-3-6-13(15-8-9)11-5-4-10(16-2)7-12(11)14/h3-8H,1-2H3. The van der Waals surface area contributed by atoms with Crippen LogP contribution in [-0.4, -0.2) is 12.1 Å². The van der Waals surface area contributed by atoms with Crippen LogP contribution in [0.15, 0.2) is 36.5 Å². The third-order valence-corrected chi connectivity index (χ3v) is 2.36. The maximum Gasteiger partial charge on any atom is 0.136 e. The van der Waals surface area contributed by atoms with E-state index in [0.717, 1.165) is 5.56 Å². The number of benzene rings is 1. The second kappa shape index (κ2) is 4.31. The highest BCUT2D eigenvalue weighted by Crippen LogP contribution is 2.24. The van der Waals surface area contributed by atoms with Gasteiger partial charge in [-0.3, -0.25) is 4.98 Å². The fraction of sp³-hybridized carbons (Fsp3) is 0.154. The first-order chi connectivity index (χ1) is 7.70. The predicted molar refractivity (Wildman–Crippen MR) is 60.9 cm³/mol.